The fourth-order valence-electron chi connectivity index (χ4n) is 1.82. The molecule has 1 aromatic rings. The van der Waals surface area contributed by atoms with Gasteiger partial charge in [-0.15, -0.1) is 0 Å². The second-order valence-electron chi connectivity index (χ2n) is 5.51. The molecular weight excluding hydrogens is 334 g/mol. The van der Waals surface area contributed by atoms with Gasteiger partial charge in [-0.05, 0) is 30.3 Å². The summed E-state index contributed by atoms with van der Waals surface area (Å²) >= 11 is 0. The second kappa shape index (κ2) is 8.31. The molecule has 7 heteroatoms. The van der Waals surface area contributed by atoms with Crippen LogP contribution in [0.3, 0.4) is 0 Å². The first-order valence-electron chi connectivity index (χ1n) is 15.3. The lowest BCUT2D eigenvalue weighted by atomic mass is 9.99. The fourth-order valence-corrected chi connectivity index (χ4v) is 1.82. The van der Waals surface area contributed by atoms with Crippen molar-refractivity contribution in [1.82, 2.24) is 15.5 Å². The number of aliphatic hydroxyl groups is 1. The minimum absolute atomic E-state index is 0.776. The van der Waals surface area contributed by atoms with Crippen molar-refractivity contribution in [3.05, 3.63) is 35.3 Å². The first-order chi connectivity index (χ1) is 18.5. The molecule has 0 bridgehead atoms. The number of carbonyl (C=O) groups is 3. The third-order valence-electron chi connectivity index (χ3n) is 3.26. The van der Waals surface area contributed by atoms with Gasteiger partial charge in [0.2, 0.25) is 17.7 Å². The molecule has 0 saturated heterocycles. The van der Waals surface area contributed by atoms with E-state index >= 15 is 0 Å². The van der Waals surface area contributed by atoms with Gasteiger partial charge < -0.3 is 20.6 Å². The number of fused-ring (bicyclic) bond motifs is 1. The van der Waals surface area contributed by atoms with Crippen molar-refractivity contribution in [3.63, 3.8) is 0 Å². The van der Waals surface area contributed by atoms with Crippen LogP contribution in [0.1, 0.15) is 59.8 Å². The van der Waals surface area contributed by atoms with Crippen LogP contribution >= 0.6 is 0 Å². The van der Waals surface area contributed by atoms with Gasteiger partial charge in [-0.1, -0.05) is 38.0 Å². The minimum Gasteiger partial charge on any atom is -0.383 e. The number of aliphatic hydroxyl groups excluding tert-OH is 1. The van der Waals surface area contributed by atoms with Gasteiger partial charge in [-0.2, -0.15) is 0 Å². The molecule has 1 heterocycles. The largest absolute Gasteiger partial charge is 0.383 e. The number of hydrogen-bond acceptors (Lipinski definition) is 4. The van der Waals surface area contributed by atoms with E-state index in [1.54, 1.807) is 0 Å². The number of carbonyl (C=O) groups excluding carboxylic acids is 3. The zero-order chi connectivity index (χ0) is 33.3. The fraction of sp³-hybridized carbons (Fsp3) is 0.526. The summed E-state index contributed by atoms with van der Waals surface area (Å²) in [6.45, 7) is -9.11. The molecule has 1 aliphatic rings. The monoisotopic (exact) mass is 377 g/mol. The highest BCUT2D eigenvalue weighted by Crippen LogP contribution is 2.24. The maximum atomic E-state index is 13.7. The Kier molecular flexibility index (Phi) is 2.34. The van der Waals surface area contributed by atoms with Crippen LogP contribution in [0.4, 0.5) is 0 Å². The molecular formula is C19H27N3O4. The third-order valence-corrected chi connectivity index (χ3v) is 3.26. The summed E-state index contributed by atoms with van der Waals surface area (Å²) in [4.78, 5) is 38.9. The van der Waals surface area contributed by atoms with Crippen molar-refractivity contribution in [2.75, 3.05) is 13.5 Å². The lowest BCUT2D eigenvalue weighted by molar-refractivity contribution is -0.137. The molecule has 0 aliphatic carbocycles. The predicted molar refractivity (Wildman–Crippen MR) is 97.1 cm³/mol. The number of nitrogens with one attached hydrogen (secondary N) is 2. The van der Waals surface area contributed by atoms with Crippen molar-refractivity contribution in [2.45, 2.75) is 45.2 Å². The van der Waals surface area contributed by atoms with E-state index in [0.717, 1.165) is 0 Å². The SMILES string of the molecule is [2H]c1c([2H])c([2H])c2c(c1[2H])C([2H])([2H])C([2H])([2H])N(C([2H])([2H])[2H])C(=O)[C@@]2([2H])NC(=O)[C@@]([2H])(NC(=O)[C@@H](O)C(C)C)C([2H])([2H])[2H]. The number of benzene rings is 1. The predicted octanol–water partition coefficient (Wildman–Crippen LogP) is 0.380. The van der Waals surface area contributed by atoms with Crippen LogP contribution in [0.25, 0.3) is 0 Å². The molecule has 0 unspecified atom stereocenters. The quantitative estimate of drug-likeness (QED) is 0.691. The Hall–Kier alpha value is -2.41. The molecule has 0 aromatic heterocycles. The van der Waals surface area contributed by atoms with E-state index < -0.39 is 109 Å². The van der Waals surface area contributed by atoms with Gasteiger partial charge in [0.15, 0.2) is 0 Å². The van der Waals surface area contributed by atoms with E-state index in [0.29, 0.717) is 0 Å². The van der Waals surface area contributed by atoms with Crippen LogP contribution < -0.4 is 10.6 Å². The van der Waals surface area contributed by atoms with Crippen LogP contribution in [-0.4, -0.2) is 53.3 Å². The highest BCUT2D eigenvalue weighted by molar-refractivity contribution is 5.93. The smallest absolute Gasteiger partial charge is 0.249 e. The van der Waals surface area contributed by atoms with E-state index in [9.17, 15) is 19.5 Å². The van der Waals surface area contributed by atoms with Gasteiger partial charge in [0.1, 0.15) is 18.1 Å². The molecule has 7 nitrogen and oxygen atoms in total. The molecule has 3 N–H and O–H groups in total. The van der Waals surface area contributed by atoms with Gasteiger partial charge in [0.05, 0.1) is 8.22 Å². The summed E-state index contributed by atoms with van der Waals surface area (Å²) in [5, 5.41) is 12.9. The Morgan fingerprint density at radius 2 is 2.19 bits per heavy atom. The van der Waals surface area contributed by atoms with Gasteiger partial charge in [-0.25, -0.2) is 0 Å². The summed E-state index contributed by atoms with van der Waals surface area (Å²) in [5.74, 6) is -6.99. The first kappa shape index (κ1) is 7.31. The summed E-state index contributed by atoms with van der Waals surface area (Å²) in [7, 11) is 0. The Balaban J connectivity index is 3.03. The highest BCUT2D eigenvalue weighted by atomic mass is 16.3. The molecule has 1 aromatic carbocycles. The molecule has 1 aliphatic heterocycles. The molecule has 0 spiro atoms. The molecule has 0 saturated carbocycles. The Morgan fingerprint density at radius 1 is 1.46 bits per heavy atom. The van der Waals surface area contributed by atoms with E-state index in [1.807, 2.05) is 0 Å². The zero-order valence-electron chi connectivity index (χ0n) is 29.8. The van der Waals surface area contributed by atoms with Crippen molar-refractivity contribution in [1.29, 1.82) is 0 Å². The van der Waals surface area contributed by atoms with Gasteiger partial charge in [-0.3, -0.25) is 14.4 Å². The molecule has 3 amide bonds. The van der Waals surface area contributed by atoms with E-state index in [1.165, 1.54) is 24.5 Å². The Labute approximate surface area is 176 Å². The van der Waals surface area contributed by atoms with E-state index in [-0.39, 0.29) is 0 Å². The van der Waals surface area contributed by atoms with Crippen LogP contribution in [0.2, 0.25) is 0 Å². The average molecular weight is 378 g/mol. The standard InChI is InChI=1S/C19H27N3O4/c1-11(2)16(23)18(25)20-12(3)17(24)21-15-14-8-6-5-7-13(14)9-10-22(4)19(15)26/h5-8,11-12,15-16,23H,9-10H2,1-4H3,(H,20,25)(H,21,24)/t12-,15-,16-/m0/s1/i3D3,4D3,5D,6D,7D,8D,9D2,10D2,12D,15D. The number of amides is 3. The highest BCUT2D eigenvalue weighted by Gasteiger charge is 2.32. The molecule has 0 radical (unpaired) electrons. The summed E-state index contributed by atoms with van der Waals surface area (Å²) < 4.78 is 129. The van der Waals surface area contributed by atoms with E-state index in [2.05, 4.69) is 0 Å². The average Bonchev–Trinajstić information content (AvgIpc) is 2.84. The second-order valence-corrected chi connectivity index (χ2v) is 5.51. The van der Waals surface area contributed by atoms with Crippen LogP contribution in [0, 0.1) is 5.92 Å². The summed E-state index contributed by atoms with van der Waals surface area (Å²) in [6.07, 6.45) is -5.78. The van der Waals surface area contributed by atoms with Gasteiger partial charge in [0.25, 0.3) is 0 Å². The van der Waals surface area contributed by atoms with E-state index in [4.69, 9.17) is 21.9 Å². The number of nitrogens with zero attached hydrogens (tertiary/aromatic N) is 1. The molecule has 26 heavy (non-hydrogen) atoms. The lowest BCUT2D eigenvalue weighted by Gasteiger charge is -2.24. The van der Waals surface area contributed by atoms with Crippen LogP contribution in [0.15, 0.2) is 24.2 Å². The molecule has 2 rings (SSSR count). The lowest BCUT2D eigenvalue weighted by Crippen LogP contribution is -2.51. The topological polar surface area (TPSA) is 98.7 Å². The molecule has 0 fully saturated rings. The summed E-state index contributed by atoms with van der Waals surface area (Å²) in [5.41, 5.74) is -2.92. The summed E-state index contributed by atoms with van der Waals surface area (Å²) in [6, 6.07) is -12.9. The minimum atomic E-state index is -3.99. The molecule has 3 atom stereocenters. The van der Waals surface area contributed by atoms with Crippen molar-refractivity contribution >= 4 is 17.7 Å². The van der Waals surface area contributed by atoms with Crippen LogP contribution in [0.5, 0.6) is 0 Å². The van der Waals surface area contributed by atoms with Gasteiger partial charge in [0, 0.05) is 27.2 Å². The normalized spacial score (nSPS) is 37.2. The maximum absolute atomic E-state index is 13.7. The van der Waals surface area contributed by atoms with Crippen molar-refractivity contribution in [3.8, 4) is 0 Å². The number of likely N-dealkylation sites (N-methyl/N-ethyl adjacent to an activating group) is 1. The molecule has 142 valence electrons. The van der Waals surface area contributed by atoms with Crippen molar-refractivity contribution < 1.29 is 41.4 Å². The number of hydrogen-bond donors (Lipinski definition) is 3. The van der Waals surface area contributed by atoms with Crippen LogP contribution in [-0.2, 0) is 20.8 Å². The Morgan fingerprint density at radius 3 is 2.85 bits per heavy atom. The number of rotatable bonds is 5. The Bertz CT molecular complexity index is 1310. The maximum Gasteiger partial charge on any atom is 0.249 e. The zero-order valence-corrected chi connectivity index (χ0v) is 13.8. The first-order valence-corrected chi connectivity index (χ1v) is 7.32. The van der Waals surface area contributed by atoms with Crippen molar-refractivity contribution in [2.24, 2.45) is 5.92 Å². The third kappa shape index (κ3) is 4.40. The van der Waals surface area contributed by atoms with Gasteiger partial charge >= 0.3 is 0 Å².